The van der Waals surface area contributed by atoms with Crippen molar-refractivity contribution in [2.75, 3.05) is 26.3 Å². The maximum atomic E-state index is 14.5. The van der Waals surface area contributed by atoms with Gasteiger partial charge in [-0.2, -0.15) is 0 Å². The summed E-state index contributed by atoms with van der Waals surface area (Å²) >= 11 is 0. The van der Waals surface area contributed by atoms with Crippen molar-refractivity contribution in [2.24, 2.45) is 35.0 Å². The Balaban J connectivity index is 1.33. The summed E-state index contributed by atoms with van der Waals surface area (Å²) in [6.07, 6.45) is 3.04. The summed E-state index contributed by atoms with van der Waals surface area (Å²) in [5, 5.41) is 0. The van der Waals surface area contributed by atoms with Gasteiger partial charge in [-0.05, 0) is 48.0 Å². The molecule has 4 heterocycles. The number of nitrogens with zero attached hydrogens (tertiary/aromatic N) is 2. The van der Waals surface area contributed by atoms with Crippen LogP contribution in [0.2, 0.25) is 0 Å². The Kier molecular flexibility index (Phi) is 6.25. The number of benzene rings is 2. The molecule has 8 heteroatoms. The first-order valence-electron chi connectivity index (χ1n) is 15.7. The van der Waals surface area contributed by atoms with Crippen molar-refractivity contribution in [1.82, 2.24) is 9.80 Å². The Morgan fingerprint density at radius 2 is 1.12 bits per heavy atom. The number of hydrogen-bond acceptors (Lipinski definition) is 6. The highest BCUT2D eigenvalue weighted by Gasteiger charge is 2.76. The van der Waals surface area contributed by atoms with Crippen molar-refractivity contribution in [3.05, 3.63) is 71.8 Å². The van der Waals surface area contributed by atoms with Crippen LogP contribution in [0.15, 0.2) is 60.7 Å². The summed E-state index contributed by atoms with van der Waals surface area (Å²) in [5.41, 5.74) is 2.59. The lowest BCUT2D eigenvalue weighted by molar-refractivity contribution is -0.144. The van der Waals surface area contributed by atoms with E-state index >= 15 is 0 Å². The number of allylic oxidation sites excluding steroid dienone is 2. The van der Waals surface area contributed by atoms with Gasteiger partial charge < -0.3 is 9.47 Å². The number of rotatable bonds is 6. The van der Waals surface area contributed by atoms with Crippen molar-refractivity contribution < 1.29 is 28.7 Å². The zero-order valence-electron chi connectivity index (χ0n) is 24.3. The van der Waals surface area contributed by atoms with Gasteiger partial charge in [0.15, 0.2) is 0 Å². The van der Waals surface area contributed by atoms with Gasteiger partial charge >= 0.3 is 0 Å². The fourth-order valence-corrected chi connectivity index (χ4v) is 9.40. The highest BCUT2D eigenvalue weighted by atomic mass is 16.5. The lowest BCUT2D eigenvalue weighted by atomic mass is 9.41. The zero-order valence-corrected chi connectivity index (χ0v) is 24.3. The quantitative estimate of drug-likeness (QED) is 0.483. The van der Waals surface area contributed by atoms with Crippen LogP contribution in [0.25, 0.3) is 11.1 Å². The third kappa shape index (κ3) is 3.75. The van der Waals surface area contributed by atoms with E-state index in [1.807, 2.05) is 67.6 Å². The third-order valence-corrected chi connectivity index (χ3v) is 11.1. The van der Waals surface area contributed by atoms with Crippen LogP contribution in [0.1, 0.15) is 43.7 Å². The molecule has 4 saturated heterocycles. The molecule has 43 heavy (non-hydrogen) atoms. The van der Waals surface area contributed by atoms with E-state index in [1.54, 1.807) is 0 Å². The van der Waals surface area contributed by atoms with Crippen LogP contribution in [-0.4, -0.2) is 71.9 Å². The van der Waals surface area contributed by atoms with Gasteiger partial charge in [0.25, 0.3) is 0 Å². The normalized spacial score (nSPS) is 36.7. The molecular formula is C35H36N2O6. The maximum Gasteiger partial charge on any atom is 0.234 e. The van der Waals surface area contributed by atoms with Gasteiger partial charge in [0.05, 0.1) is 49.0 Å². The molecule has 2 bridgehead atoms. The smallest absolute Gasteiger partial charge is 0.234 e. The minimum absolute atomic E-state index is 0.182. The number of imide groups is 2. The third-order valence-electron chi connectivity index (χ3n) is 11.1. The van der Waals surface area contributed by atoms with Crippen molar-refractivity contribution in [1.29, 1.82) is 0 Å². The summed E-state index contributed by atoms with van der Waals surface area (Å²) in [7, 11) is 0. The SMILES string of the molecule is CC12C(c3ccccc3)=C(c3ccccc3)C([C@H]3C(=O)N(C[C@@H]4CCCO4)C(=O)[C@@H]31)[C@H]1C(=O)N(C[C@@H]3CCCO3)C(=O)[C@@H]12. The van der Waals surface area contributed by atoms with Gasteiger partial charge in [0.1, 0.15) is 0 Å². The molecule has 4 aliphatic heterocycles. The minimum Gasteiger partial charge on any atom is -0.376 e. The maximum absolute atomic E-state index is 14.5. The van der Waals surface area contributed by atoms with Gasteiger partial charge in [0.2, 0.25) is 23.6 Å². The molecule has 0 radical (unpaired) electrons. The standard InChI is InChI=1S/C35H36N2O6/c1-35-28(21-12-6-3-7-13-21)24(20-10-4-2-5-11-20)25(26-29(35)33(40)36(31(26)38)18-22-14-8-16-42-22)27-30(35)34(41)37(32(27)39)19-23-15-9-17-43-23/h2-7,10-13,22-23,25-27,29-30H,8-9,14-19H2,1H3/t22-,23-,25?,26+,27+,29+,30+,35?/m0/s1. The lowest BCUT2D eigenvalue weighted by Gasteiger charge is -2.57. The van der Waals surface area contributed by atoms with Crippen LogP contribution in [0.3, 0.4) is 0 Å². The van der Waals surface area contributed by atoms with Crippen LogP contribution >= 0.6 is 0 Å². The highest BCUT2D eigenvalue weighted by molar-refractivity contribution is 6.17. The number of hydrogen-bond donors (Lipinski definition) is 0. The topological polar surface area (TPSA) is 93.2 Å². The van der Waals surface area contributed by atoms with E-state index in [4.69, 9.17) is 9.47 Å². The summed E-state index contributed by atoms with van der Waals surface area (Å²) in [4.78, 5) is 60.6. The number of carbonyl (C=O) groups is 4. The molecule has 7 aliphatic rings. The van der Waals surface area contributed by atoms with E-state index in [9.17, 15) is 19.2 Å². The first-order chi connectivity index (χ1) is 20.9. The molecule has 8 nitrogen and oxygen atoms in total. The predicted molar refractivity (Wildman–Crippen MR) is 157 cm³/mol. The Morgan fingerprint density at radius 1 is 0.651 bits per heavy atom. The Bertz CT molecular complexity index is 1460. The molecular weight excluding hydrogens is 544 g/mol. The van der Waals surface area contributed by atoms with Crippen molar-refractivity contribution in [2.45, 2.75) is 44.8 Å². The zero-order chi connectivity index (χ0) is 29.5. The molecule has 0 N–H and O–H groups in total. The van der Waals surface area contributed by atoms with Gasteiger partial charge in [-0.3, -0.25) is 29.0 Å². The van der Waals surface area contributed by atoms with E-state index in [0.717, 1.165) is 48.0 Å². The average molecular weight is 581 g/mol. The number of likely N-dealkylation sites (tertiary alicyclic amines) is 2. The first kappa shape index (κ1) is 27.0. The molecule has 6 atom stereocenters. The molecule has 4 amide bonds. The van der Waals surface area contributed by atoms with E-state index in [2.05, 4.69) is 0 Å². The van der Waals surface area contributed by atoms with Gasteiger partial charge in [-0.25, -0.2) is 0 Å². The second-order valence-corrected chi connectivity index (χ2v) is 13.2. The highest BCUT2D eigenvalue weighted by Crippen LogP contribution is 2.72. The summed E-state index contributed by atoms with van der Waals surface area (Å²) < 4.78 is 11.7. The van der Waals surface area contributed by atoms with Crippen LogP contribution in [0.4, 0.5) is 0 Å². The van der Waals surface area contributed by atoms with Gasteiger partial charge in [0, 0.05) is 24.5 Å². The number of carbonyl (C=O) groups excluding carboxylic acids is 4. The summed E-state index contributed by atoms with van der Waals surface area (Å²) in [6.45, 7) is 3.66. The van der Waals surface area contributed by atoms with Crippen LogP contribution in [0.5, 0.6) is 0 Å². The Morgan fingerprint density at radius 3 is 1.56 bits per heavy atom. The van der Waals surface area contributed by atoms with E-state index in [1.165, 1.54) is 9.80 Å². The molecule has 5 fully saturated rings. The lowest BCUT2D eigenvalue weighted by Crippen LogP contribution is -2.59. The van der Waals surface area contributed by atoms with E-state index in [0.29, 0.717) is 13.2 Å². The molecule has 9 rings (SSSR count). The largest absolute Gasteiger partial charge is 0.376 e. The van der Waals surface area contributed by atoms with E-state index in [-0.39, 0.29) is 48.9 Å². The van der Waals surface area contributed by atoms with Crippen LogP contribution in [-0.2, 0) is 28.7 Å². The monoisotopic (exact) mass is 580 g/mol. The van der Waals surface area contributed by atoms with Crippen LogP contribution < -0.4 is 0 Å². The van der Waals surface area contributed by atoms with Crippen molar-refractivity contribution in [3.63, 3.8) is 0 Å². The van der Waals surface area contributed by atoms with Crippen LogP contribution in [0, 0.1) is 35.0 Å². The molecule has 0 aromatic heterocycles. The van der Waals surface area contributed by atoms with Crippen molar-refractivity contribution in [3.8, 4) is 0 Å². The minimum atomic E-state index is -1.08. The second-order valence-electron chi connectivity index (χ2n) is 13.2. The van der Waals surface area contributed by atoms with E-state index < -0.39 is 35.0 Å². The molecule has 2 aromatic carbocycles. The number of amides is 4. The van der Waals surface area contributed by atoms with Gasteiger partial charge in [-0.1, -0.05) is 67.6 Å². The molecule has 222 valence electrons. The second kappa shape index (κ2) is 9.96. The summed E-state index contributed by atoms with van der Waals surface area (Å²) in [5.74, 6) is -4.48. The molecule has 3 aliphatic carbocycles. The van der Waals surface area contributed by atoms with Crippen molar-refractivity contribution >= 4 is 34.8 Å². The fraction of sp³-hybridized carbons (Fsp3) is 0.486. The molecule has 0 spiro atoms. The number of ether oxygens (including phenoxy) is 2. The Hall–Kier alpha value is -3.62. The molecule has 1 saturated carbocycles. The molecule has 0 unspecified atom stereocenters. The fourth-order valence-electron chi connectivity index (χ4n) is 9.40. The Labute approximate surface area is 251 Å². The van der Waals surface area contributed by atoms with Gasteiger partial charge in [-0.15, -0.1) is 0 Å². The predicted octanol–water partition coefficient (Wildman–Crippen LogP) is 3.81. The first-order valence-corrected chi connectivity index (χ1v) is 15.7. The molecule has 2 aromatic rings. The summed E-state index contributed by atoms with van der Waals surface area (Å²) in [6, 6.07) is 19.8. The average Bonchev–Trinajstić information content (AvgIpc) is 3.83.